The van der Waals surface area contributed by atoms with Crippen LogP contribution in [-0.2, 0) is 42.8 Å². The summed E-state index contributed by atoms with van der Waals surface area (Å²) in [5.74, 6) is -1.53. The topological polar surface area (TPSA) is 110 Å². The first-order chi connectivity index (χ1) is 36.7. The molecule has 2 unspecified atom stereocenters. The highest BCUT2D eigenvalue weighted by Gasteiger charge is 2.53. The third-order valence-electron chi connectivity index (χ3n) is 14.8. The maximum absolute atomic E-state index is 13.5. The molecule has 0 radical (unpaired) electrons. The van der Waals surface area contributed by atoms with Gasteiger partial charge in [0.2, 0.25) is 0 Å². The van der Waals surface area contributed by atoms with Crippen LogP contribution in [0.4, 0.5) is 4.70 Å². The van der Waals surface area contributed by atoms with Gasteiger partial charge < -0.3 is 33.3 Å². The second kappa shape index (κ2) is 49.2. The summed E-state index contributed by atoms with van der Waals surface area (Å²) in [7, 11) is 3.99. The van der Waals surface area contributed by atoms with Crippen molar-refractivity contribution in [2.45, 2.75) is 296 Å². The van der Waals surface area contributed by atoms with Gasteiger partial charge in [-0.3, -0.25) is 19.1 Å². The molecule has 3 rings (SSSR count). The van der Waals surface area contributed by atoms with Gasteiger partial charge in [-0.15, -0.1) is 0 Å². The van der Waals surface area contributed by atoms with E-state index < -0.39 is 23.6 Å². The molecule has 0 aromatic heterocycles. The zero-order chi connectivity index (χ0) is 54.2. The van der Waals surface area contributed by atoms with Crippen LogP contribution in [0, 0.1) is 5.41 Å². The molecule has 2 bridgehead atoms. The van der Waals surface area contributed by atoms with Crippen molar-refractivity contribution in [3.05, 3.63) is 48.6 Å². The zero-order valence-electron chi connectivity index (χ0n) is 49.6. The Morgan fingerprint density at radius 3 is 1.24 bits per heavy atom. The summed E-state index contributed by atoms with van der Waals surface area (Å²) in [6, 6.07) is 0. The lowest BCUT2D eigenvalue weighted by molar-refractivity contribution is -0.472. The number of carbonyl (C=O) groups is 3. The summed E-state index contributed by atoms with van der Waals surface area (Å²) in [4.78, 5) is 41.4. The number of rotatable bonds is 52. The van der Waals surface area contributed by atoms with Crippen molar-refractivity contribution in [2.75, 3.05) is 47.1 Å². The predicted octanol–water partition coefficient (Wildman–Crippen LogP) is 17.7. The van der Waals surface area contributed by atoms with Crippen molar-refractivity contribution >= 4 is 17.9 Å². The number of nitrogens with zero attached hydrogens (tertiary/aromatic N) is 1. The van der Waals surface area contributed by atoms with Gasteiger partial charge in [-0.1, -0.05) is 185 Å². The van der Waals surface area contributed by atoms with Gasteiger partial charge in [0, 0.05) is 25.7 Å². The Kier molecular flexibility index (Phi) is 46.1. The van der Waals surface area contributed by atoms with Crippen molar-refractivity contribution in [1.29, 1.82) is 0 Å². The Balaban J connectivity index is 0.0000289. The number of esters is 3. The van der Waals surface area contributed by atoms with E-state index in [1.807, 2.05) is 14.1 Å². The maximum Gasteiger partial charge on any atom is 0.306 e. The first kappa shape index (κ1) is 71.2. The minimum atomic E-state index is -1.02. The fraction of sp³-hybridized carbons (Fsp3) is 0.831. The van der Waals surface area contributed by atoms with E-state index >= 15 is 0 Å². The van der Waals surface area contributed by atoms with Crippen molar-refractivity contribution in [1.82, 2.24) is 4.90 Å². The van der Waals surface area contributed by atoms with Crippen LogP contribution >= 0.6 is 0 Å². The summed E-state index contributed by atoms with van der Waals surface area (Å²) in [6.07, 6.45) is 58.3. The molecule has 0 amide bonds. The Labute approximate surface area is 465 Å². The highest BCUT2D eigenvalue weighted by atomic mass is 19.0. The van der Waals surface area contributed by atoms with Gasteiger partial charge >= 0.3 is 17.9 Å². The molecule has 11 heteroatoms. The lowest BCUT2D eigenvalue weighted by Crippen LogP contribution is -2.61. The largest absolute Gasteiger partial charge is 0.465 e. The van der Waals surface area contributed by atoms with Gasteiger partial charge in [-0.05, 0) is 136 Å². The van der Waals surface area contributed by atoms with Gasteiger partial charge in [0.25, 0.3) is 5.97 Å². The quantitative estimate of drug-likeness (QED) is 0.0253. The van der Waals surface area contributed by atoms with Crippen molar-refractivity contribution < 1.29 is 47.5 Å². The Morgan fingerprint density at radius 2 is 0.803 bits per heavy atom. The van der Waals surface area contributed by atoms with E-state index in [-0.39, 0.29) is 29.2 Å². The highest BCUT2D eigenvalue weighted by molar-refractivity contribution is 5.70. The third-order valence-corrected chi connectivity index (χ3v) is 14.8. The first-order valence-electron chi connectivity index (χ1n) is 31.4. The molecule has 0 spiro atoms. The van der Waals surface area contributed by atoms with Crippen molar-refractivity contribution in [2.24, 2.45) is 5.41 Å². The third kappa shape index (κ3) is 38.7. The van der Waals surface area contributed by atoms with Crippen LogP contribution in [0.1, 0.15) is 278 Å². The van der Waals surface area contributed by atoms with Crippen LogP contribution in [0.3, 0.4) is 0 Å². The summed E-state index contributed by atoms with van der Waals surface area (Å²) in [5.41, 5.74) is -0.453. The minimum absolute atomic E-state index is 0. The molecule has 0 N–H and O–H groups in total. The maximum atomic E-state index is 13.5. The average Bonchev–Trinajstić information content (AvgIpc) is 3.41. The lowest BCUT2D eigenvalue weighted by atomic mass is 9.89. The van der Waals surface area contributed by atoms with Gasteiger partial charge in [0.1, 0.15) is 18.8 Å². The highest BCUT2D eigenvalue weighted by Crippen LogP contribution is 2.41. The van der Waals surface area contributed by atoms with E-state index in [4.69, 9.17) is 28.4 Å². The second-order valence-electron chi connectivity index (χ2n) is 22.5. The SMILES string of the molecule is CCCCC/C=C\C/C=C\CCCCCCCC(=O)OC(CCCCCCCC)C(CCCCCCCC12OCC(COC(=O)CCCN(C)C)(CO1)CO2)OC(=O)CCCCCCC/C=C\C/C=C\CCCCC.F. The zero-order valence-corrected chi connectivity index (χ0v) is 49.6. The molecular weight excluding hydrogens is 958 g/mol. The van der Waals surface area contributed by atoms with E-state index in [1.165, 1.54) is 103 Å². The molecule has 0 aromatic carbocycles. The molecule has 0 aliphatic carbocycles. The number of unbranched alkanes of at least 4 members (excludes halogenated alkanes) is 25. The molecule has 0 aromatic rings. The van der Waals surface area contributed by atoms with Crippen LogP contribution in [-0.4, -0.2) is 88.1 Å². The van der Waals surface area contributed by atoms with Crippen molar-refractivity contribution in [3.63, 3.8) is 0 Å². The standard InChI is InChI=1S/C65H115NO9.FH/c1-6-9-12-15-18-20-22-24-26-28-30-32-34-39-44-50-62(68)74-59(48-42-37-17-14-11-8-3)60(75-63(69)51-45-40-35-33-31-29-27-25-23-21-19-16-13-10-7-2)49-43-38-36-41-46-53-65-71-56-64(57-72-65,58-73-65)55-70-61(67)52-47-54-66(4)5;/h18-21,24-27,59-60H,6-17,22-23,28-58H2,1-5H3;1H/b20-18-,21-19-,26-24-,27-25-;. The molecule has 3 saturated heterocycles. The van der Waals surface area contributed by atoms with Gasteiger partial charge in [-0.2, -0.15) is 0 Å². The number of allylic oxidation sites excluding steroid dienone is 8. The first-order valence-corrected chi connectivity index (χ1v) is 31.4. The Bertz CT molecular complexity index is 1490. The van der Waals surface area contributed by atoms with Crippen LogP contribution in [0.2, 0.25) is 0 Å². The second-order valence-corrected chi connectivity index (χ2v) is 22.5. The van der Waals surface area contributed by atoms with Crippen molar-refractivity contribution in [3.8, 4) is 0 Å². The van der Waals surface area contributed by atoms with Crippen LogP contribution in [0.5, 0.6) is 0 Å². The molecule has 3 heterocycles. The van der Waals surface area contributed by atoms with E-state index in [0.29, 0.717) is 51.9 Å². The van der Waals surface area contributed by atoms with Crippen LogP contribution < -0.4 is 0 Å². The summed E-state index contributed by atoms with van der Waals surface area (Å²) in [6.45, 7) is 9.18. The number of ether oxygens (including phenoxy) is 6. The minimum Gasteiger partial charge on any atom is -0.465 e. The Hall–Kier alpha value is -2.86. The molecule has 3 aliphatic rings. The number of hydrogen-bond acceptors (Lipinski definition) is 10. The normalized spacial score (nSPS) is 18.3. The van der Waals surface area contributed by atoms with Gasteiger partial charge in [0.15, 0.2) is 0 Å². The van der Waals surface area contributed by atoms with Crippen LogP contribution in [0.15, 0.2) is 48.6 Å². The average molecular weight is 1070 g/mol. The van der Waals surface area contributed by atoms with E-state index in [0.717, 1.165) is 129 Å². The molecular formula is C65H116FNO9. The van der Waals surface area contributed by atoms with E-state index in [2.05, 4.69) is 74.3 Å². The summed E-state index contributed by atoms with van der Waals surface area (Å²) in [5, 5.41) is 0. The summed E-state index contributed by atoms with van der Waals surface area (Å²) < 4.78 is 36.7. The Morgan fingerprint density at radius 1 is 0.447 bits per heavy atom. The van der Waals surface area contributed by atoms with E-state index in [1.54, 1.807) is 0 Å². The lowest BCUT2D eigenvalue weighted by Gasteiger charge is -2.51. The molecule has 2 atom stereocenters. The monoisotopic (exact) mass is 1070 g/mol. The number of carbonyl (C=O) groups excluding carboxylic acids is 3. The summed E-state index contributed by atoms with van der Waals surface area (Å²) >= 11 is 0. The molecule has 76 heavy (non-hydrogen) atoms. The van der Waals surface area contributed by atoms with Crippen LogP contribution in [0.25, 0.3) is 0 Å². The van der Waals surface area contributed by atoms with E-state index in [9.17, 15) is 14.4 Å². The number of halogens is 1. The fourth-order valence-electron chi connectivity index (χ4n) is 9.83. The number of fused-ring (bicyclic) bond motifs is 3. The van der Waals surface area contributed by atoms with Gasteiger partial charge in [-0.25, -0.2) is 0 Å². The van der Waals surface area contributed by atoms with Gasteiger partial charge in [0.05, 0.1) is 25.2 Å². The molecule has 3 fully saturated rings. The smallest absolute Gasteiger partial charge is 0.306 e. The molecule has 10 nitrogen and oxygen atoms in total. The number of hydrogen-bond donors (Lipinski definition) is 0. The molecule has 0 saturated carbocycles. The molecule has 3 aliphatic heterocycles. The predicted molar refractivity (Wildman–Crippen MR) is 313 cm³/mol. The molecule has 442 valence electrons. The fourth-order valence-corrected chi connectivity index (χ4v) is 9.83.